The molecule has 0 amide bonds. The molecule has 1 atom stereocenters. The van der Waals surface area contributed by atoms with E-state index in [2.05, 4.69) is 100 Å². The standard InChI is InChI=1S/C38H22N4OS/c39-23-25-14-21-36(26(22-25)24-40)44(43)29-17-15-28(16-18-29)41-34-13-7-5-11-32(34)37-35(41)20-19-31-30-10-4-6-12-33(30)42(38(31)37)27-8-2-1-3-9-27/h1-22H. The molecular formula is C38H22N4OS. The van der Waals surface area contributed by atoms with Crippen LogP contribution in [0, 0.1) is 22.7 Å². The number of fused-ring (bicyclic) bond motifs is 7. The number of aromatic nitrogens is 2. The van der Waals surface area contributed by atoms with E-state index in [4.69, 9.17) is 0 Å². The molecule has 2 aromatic heterocycles. The lowest BCUT2D eigenvalue weighted by Crippen LogP contribution is -1.99. The summed E-state index contributed by atoms with van der Waals surface area (Å²) in [7, 11) is -1.57. The average molecular weight is 583 g/mol. The van der Waals surface area contributed by atoms with Crippen LogP contribution in [0.3, 0.4) is 0 Å². The Hall–Kier alpha value is -5.95. The van der Waals surface area contributed by atoms with E-state index in [9.17, 15) is 14.7 Å². The van der Waals surface area contributed by atoms with Crippen molar-refractivity contribution in [2.75, 3.05) is 0 Å². The smallest absolute Gasteiger partial charge is 0.100 e. The molecule has 8 rings (SSSR count). The Morgan fingerprint density at radius 3 is 1.93 bits per heavy atom. The van der Waals surface area contributed by atoms with E-state index >= 15 is 0 Å². The average Bonchev–Trinajstić information content (AvgIpc) is 3.61. The van der Waals surface area contributed by atoms with Crippen LogP contribution in [-0.4, -0.2) is 13.3 Å². The molecule has 44 heavy (non-hydrogen) atoms. The zero-order valence-electron chi connectivity index (χ0n) is 23.3. The van der Waals surface area contributed by atoms with Gasteiger partial charge in [-0.15, -0.1) is 0 Å². The molecule has 1 unspecified atom stereocenters. The molecule has 6 heteroatoms. The molecule has 206 valence electrons. The second kappa shape index (κ2) is 10.1. The minimum absolute atomic E-state index is 0.242. The highest BCUT2D eigenvalue weighted by Gasteiger charge is 2.21. The fraction of sp³-hybridized carbons (Fsp3) is 0. The predicted molar refractivity (Wildman–Crippen MR) is 176 cm³/mol. The molecule has 0 saturated carbocycles. The van der Waals surface area contributed by atoms with Gasteiger partial charge in [0.2, 0.25) is 0 Å². The first-order valence-corrected chi connectivity index (χ1v) is 15.3. The monoisotopic (exact) mass is 582 g/mol. The maximum absolute atomic E-state index is 13.5. The van der Waals surface area contributed by atoms with Crippen LogP contribution in [0.4, 0.5) is 0 Å². The van der Waals surface area contributed by atoms with Crippen LogP contribution in [0.1, 0.15) is 11.1 Å². The van der Waals surface area contributed by atoms with Gasteiger partial charge in [-0.2, -0.15) is 10.5 Å². The highest BCUT2D eigenvalue weighted by molar-refractivity contribution is 7.85. The molecule has 8 aromatic rings. The van der Waals surface area contributed by atoms with Crippen molar-refractivity contribution in [1.82, 2.24) is 9.13 Å². The fourth-order valence-electron chi connectivity index (χ4n) is 6.33. The van der Waals surface area contributed by atoms with Crippen molar-refractivity contribution in [3.05, 3.63) is 145 Å². The van der Waals surface area contributed by atoms with Gasteiger partial charge in [0.25, 0.3) is 0 Å². The van der Waals surface area contributed by atoms with Gasteiger partial charge in [0.05, 0.1) is 55.0 Å². The molecule has 0 spiro atoms. The van der Waals surface area contributed by atoms with E-state index in [1.54, 1.807) is 12.1 Å². The van der Waals surface area contributed by atoms with E-state index in [-0.39, 0.29) is 5.56 Å². The summed E-state index contributed by atoms with van der Waals surface area (Å²) in [6, 6.07) is 48.3. The summed E-state index contributed by atoms with van der Waals surface area (Å²) in [5, 5.41) is 23.5. The summed E-state index contributed by atoms with van der Waals surface area (Å²) in [6.07, 6.45) is 0. The van der Waals surface area contributed by atoms with Crippen LogP contribution in [0.25, 0.3) is 55.0 Å². The van der Waals surface area contributed by atoms with Crippen LogP contribution >= 0.6 is 0 Å². The summed E-state index contributed by atoms with van der Waals surface area (Å²) >= 11 is 0. The van der Waals surface area contributed by atoms with Crippen molar-refractivity contribution < 1.29 is 4.21 Å². The van der Waals surface area contributed by atoms with Crippen molar-refractivity contribution >= 4 is 54.4 Å². The topological polar surface area (TPSA) is 74.5 Å². The molecule has 6 aromatic carbocycles. The highest BCUT2D eigenvalue weighted by atomic mass is 32.2. The van der Waals surface area contributed by atoms with E-state index < -0.39 is 10.8 Å². The maximum atomic E-state index is 13.5. The zero-order chi connectivity index (χ0) is 29.8. The molecular weight excluding hydrogens is 561 g/mol. The van der Waals surface area contributed by atoms with Gasteiger partial charge in [-0.1, -0.05) is 60.7 Å². The first-order valence-electron chi connectivity index (χ1n) is 14.1. The number of benzene rings is 6. The van der Waals surface area contributed by atoms with Gasteiger partial charge in [-0.25, -0.2) is 4.21 Å². The lowest BCUT2D eigenvalue weighted by atomic mass is 10.1. The summed E-state index contributed by atoms with van der Waals surface area (Å²) in [5.41, 5.74) is 7.13. The van der Waals surface area contributed by atoms with Gasteiger partial charge in [0.15, 0.2) is 0 Å². The largest absolute Gasteiger partial charge is 0.309 e. The first-order chi connectivity index (χ1) is 21.7. The molecule has 2 heterocycles. The zero-order valence-corrected chi connectivity index (χ0v) is 24.1. The number of hydrogen-bond acceptors (Lipinski definition) is 3. The van der Waals surface area contributed by atoms with E-state index in [0.717, 1.165) is 38.8 Å². The SMILES string of the molecule is N#Cc1ccc(S(=O)c2ccc(-n3c4ccccc4c4c3ccc3c5ccccc5n(-c5ccccc5)c34)cc2)c(C#N)c1. The normalized spacial score (nSPS) is 12.0. The van der Waals surface area contributed by atoms with Crippen LogP contribution in [0.2, 0.25) is 0 Å². The minimum Gasteiger partial charge on any atom is -0.309 e. The van der Waals surface area contributed by atoms with Gasteiger partial charge in [0, 0.05) is 37.8 Å². The second-order valence-corrected chi connectivity index (χ2v) is 12.0. The van der Waals surface area contributed by atoms with Gasteiger partial charge < -0.3 is 9.13 Å². The number of rotatable bonds is 4. The lowest BCUT2D eigenvalue weighted by Gasteiger charge is -2.11. The summed E-state index contributed by atoms with van der Waals surface area (Å²) < 4.78 is 18.1. The van der Waals surface area contributed by atoms with E-state index in [1.165, 1.54) is 22.2 Å². The molecule has 0 aliphatic carbocycles. The Morgan fingerprint density at radius 2 is 1.20 bits per heavy atom. The third-order valence-electron chi connectivity index (χ3n) is 8.22. The lowest BCUT2D eigenvalue weighted by molar-refractivity contribution is 0.683. The molecule has 0 bridgehead atoms. The molecule has 0 N–H and O–H groups in total. The first kappa shape index (κ1) is 25.7. The summed E-state index contributed by atoms with van der Waals surface area (Å²) in [4.78, 5) is 0.981. The predicted octanol–water partition coefficient (Wildman–Crippen LogP) is 8.79. The highest BCUT2D eigenvalue weighted by Crippen LogP contribution is 2.41. The Balaban J connectivity index is 1.36. The van der Waals surface area contributed by atoms with Crippen molar-refractivity contribution in [1.29, 1.82) is 10.5 Å². The van der Waals surface area contributed by atoms with E-state index in [1.807, 2.05) is 36.4 Å². The molecule has 0 aliphatic rings. The van der Waals surface area contributed by atoms with Gasteiger partial charge >= 0.3 is 0 Å². The van der Waals surface area contributed by atoms with Gasteiger partial charge in [0.1, 0.15) is 6.07 Å². The van der Waals surface area contributed by atoms with Crippen molar-refractivity contribution in [3.63, 3.8) is 0 Å². The number of nitrogens with zero attached hydrogens (tertiary/aromatic N) is 4. The summed E-state index contributed by atoms with van der Waals surface area (Å²) in [5.74, 6) is 0. The fourth-order valence-corrected chi connectivity index (χ4v) is 7.46. The molecule has 5 nitrogen and oxygen atoms in total. The molecule has 0 aliphatic heterocycles. The van der Waals surface area contributed by atoms with Crippen molar-refractivity contribution in [3.8, 4) is 23.5 Å². The Bertz CT molecular complexity index is 2530. The van der Waals surface area contributed by atoms with Crippen molar-refractivity contribution in [2.45, 2.75) is 9.79 Å². The molecule has 0 fully saturated rings. The van der Waals surface area contributed by atoms with Crippen molar-refractivity contribution in [2.24, 2.45) is 0 Å². The molecule has 0 saturated heterocycles. The third-order valence-corrected chi connectivity index (χ3v) is 9.68. The summed E-state index contributed by atoms with van der Waals surface area (Å²) in [6.45, 7) is 0. The Labute approximate surface area is 255 Å². The van der Waals surface area contributed by atoms with E-state index in [0.29, 0.717) is 15.4 Å². The van der Waals surface area contributed by atoms with Crippen LogP contribution < -0.4 is 0 Å². The van der Waals surface area contributed by atoms with Gasteiger partial charge in [-0.05, 0) is 72.8 Å². The van der Waals surface area contributed by atoms with Crippen LogP contribution in [0.5, 0.6) is 0 Å². The third kappa shape index (κ3) is 3.79. The van der Waals surface area contributed by atoms with Crippen LogP contribution in [0.15, 0.2) is 143 Å². The molecule has 0 radical (unpaired) electrons. The second-order valence-electron chi connectivity index (χ2n) is 10.6. The quantitative estimate of drug-likeness (QED) is 0.208. The Morgan fingerprint density at radius 1 is 0.545 bits per heavy atom. The van der Waals surface area contributed by atoms with Crippen LogP contribution in [-0.2, 0) is 10.8 Å². The van der Waals surface area contributed by atoms with Gasteiger partial charge in [-0.3, -0.25) is 0 Å². The minimum atomic E-state index is -1.57. The number of para-hydroxylation sites is 3. The number of nitriles is 2. The Kier molecular flexibility index (Phi) is 5.91. The number of hydrogen-bond donors (Lipinski definition) is 0. The maximum Gasteiger partial charge on any atom is 0.100 e.